The smallest absolute Gasteiger partial charge is 0.0702 e. The van der Waals surface area contributed by atoms with Gasteiger partial charge in [-0.25, -0.2) is 0 Å². The molecule has 1 aromatic carbocycles. The van der Waals surface area contributed by atoms with Crippen molar-refractivity contribution in [2.24, 2.45) is 0 Å². The van der Waals surface area contributed by atoms with Crippen LogP contribution in [0.15, 0.2) is 30.5 Å². The molecule has 0 fully saturated rings. The maximum Gasteiger partial charge on any atom is 0.0702 e. The number of nitrogens with zero attached hydrogens (tertiary/aromatic N) is 1. The van der Waals surface area contributed by atoms with Crippen LogP contribution in [0.25, 0.3) is 10.9 Å². The maximum atomic E-state index is 4.36. The molecule has 0 N–H and O–H groups in total. The van der Waals surface area contributed by atoms with Crippen molar-refractivity contribution in [1.29, 1.82) is 0 Å². The van der Waals surface area contributed by atoms with Gasteiger partial charge in [0.05, 0.1) is 5.52 Å². The third-order valence-electron chi connectivity index (χ3n) is 1.85. The summed E-state index contributed by atoms with van der Waals surface area (Å²) in [7, 11) is 0. The van der Waals surface area contributed by atoms with Gasteiger partial charge in [-0.3, -0.25) is 4.98 Å². The fourth-order valence-corrected chi connectivity index (χ4v) is 2.04. The van der Waals surface area contributed by atoms with E-state index in [1.165, 1.54) is 14.5 Å². The van der Waals surface area contributed by atoms with Gasteiger partial charge in [0.1, 0.15) is 0 Å². The van der Waals surface area contributed by atoms with Gasteiger partial charge in [-0.1, -0.05) is 15.9 Å². The highest BCUT2D eigenvalue weighted by Gasteiger charge is 1.97. The lowest BCUT2D eigenvalue weighted by molar-refractivity contribution is 1.32. The van der Waals surface area contributed by atoms with Gasteiger partial charge >= 0.3 is 0 Å². The quantitative estimate of drug-likeness (QED) is 0.565. The Bertz CT molecular complexity index is 442. The van der Waals surface area contributed by atoms with Crippen LogP contribution in [-0.4, -0.2) is 4.98 Å². The van der Waals surface area contributed by atoms with Gasteiger partial charge in [-0.2, -0.15) is 0 Å². The minimum Gasteiger partial charge on any atom is -0.256 e. The van der Waals surface area contributed by atoms with E-state index in [-0.39, 0.29) is 0 Å². The molecule has 0 aliphatic rings. The van der Waals surface area contributed by atoms with Crippen LogP contribution < -0.4 is 0 Å². The number of alkyl halides is 1. The summed E-state index contributed by atoms with van der Waals surface area (Å²) in [6.07, 6.45) is 1.91. The Hall–Kier alpha value is -0.160. The summed E-state index contributed by atoms with van der Waals surface area (Å²) in [4.78, 5) is 4.36. The Labute approximate surface area is 98.8 Å². The molecule has 3 heteroatoms. The van der Waals surface area contributed by atoms with Crippen molar-refractivity contribution in [3.8, 4) is 0 Å². The van der Waals surface area contributed by atoms with Crippen molar-refractivity contribution in [1.82, 2.24) is 4.98 Å². The molecule has 0 atom stereocenters. The summed E-state index contributed by atoms with van der Waals surface area (Å²) in [6.45, 7) is 0. The second kappa shape index (κ2) is 3.92. The summed E-state index contributed by atoms with van der Waals surface area (Å²) >= 11 is 5.73. The largest absolute Gasteiger partial charge is 0.256 e. The van der Waals surface area contributed by atoms with Crippen molar-refractivity contribution >= 4 is 49.4 Å². The average molecular weight is 348 g/mol. The second-order valence-corrected chi connectivity index (χ2v) is 4.62. The highest BCUT2D eigenvalue weighted by atomic mass is 127. The summed E-state index contributed by atoms with van der Waals surface area (Å²) in [5.74, 6) is 0. The zero-order valence-electron chi connectivity index (χ0n) is 6.80. The van der Waals surface area contributed by atoms with Crippen LogP contribution in [0.2, 0.25) is 0 Å². The van der Waals surface area contributed by atoms with Gasteiger partial charge in [0.15, 0.2) is 0 Å². The van der Waals surface area contributed by atoms with E-state index in [0.717, 1.165) is 10.8 Å². The lowest BCUT2D eigenvalue weighted by Crippen LogP contribution is -1.83. The van der Waals surface area contributed by atoms with Crippen molar-refractivity contribution in [3.05, 3.63) is 39.6 Å². The summed E-state index contributed by atoms with van der Waals surface area (Å²) in [6, 6.07) is 8.44. The number of halogens is 2. The molecule has 1 heterocycles. The molecule has 66 valence electrons. The molecule has 1 nitrogen and oxygen atoms in total. The van der Waals surface area contributed by atoms with Crippen LogP contribution in [0, 0.1) is 3.57 Å². The van der Waals surface area contributed by atoms with Crippen LogP contribution in [0.5, 0.6) is 0 Å². The van der Waals surface area contributed by atoms with Crippen LogP contribution in [0.4, 0.5) is 0 Å². The zero-order chi connectivity index (χ0) is 9.26. The topological polar surface area (TPSA) is 12.9 Å². The Kier molecular flexibility index (Phi) is 2.83. The minimum atomic E-state index is 0.863. The number of fused-ring (bicyclic) bond motifs is 1. The first-order chi connectivity index (χ1) is 6.29. The van der Waals surface area contributed by atoms with Crippen LogP contribution in [0.3, 0.4) is 0 Å². The zero-order valence-corrected chi connectivity index (χ0v) is 10.5. The van der Waals surface area contributed by atoms with E-state index in [1.807, 2.05) is 6.20 Å². The van der Waals surface area contributed by atoms with Crippen LogP contribution in [-0.2, 0) is 5.33 Å². The van der Waals surface area contributed by atoms with E-state index in [9.17, 15) is 0 Å². The number of aromatic nitrogens is 1. The lowest BCUT2D eigenvalue weighted by Gasteiger charge is -1.99. The molecule has 13 heavy (non-hydrogen) atoms. The summed E-state index contributed by atoms with van der Waals surface area (Å²) < 4.78 is 1.25. The van der Waals surface area contributed by atoms with Gasteiger partial charge in [0.25, 0.3) is 0 Å². The van der Waals surface area contributed by atoms with Crippen LogP contribution >= 0.6 is 38.5 Å². The number of hydrogen-bond donors (Lipinski definition) is 0. The van der Waals surface area contributed by atoms with Gasteiger partial charge in [0.2, 0.25) is 0 Å². The van der Waals surface area contributed by atoms with Crippen molar-refractivity contribution in [2.45, 2.75) is 5.33 Å². The average Bonchev–Trinajstić information content (AvgIpc) is 2.16. The Morgan fingerprint density at radius 2 is 2.15 bits per heavy atom. The third kappa shape index (κ3) is 2.02. The molecule has 2 rings (SSSR count). The Balaban J connectivity index is 2.68. The Morgan fingerprint density at radius 3 is 2.92 bits per heavy atom. The number of rotatable bonds is 1. The van der Waals surface area contributed by atoms with Crippen molar-refractivity contribution in [3.63, 3.8) is 0 Å². The molecule has 2 aromatic rings. The lowest BCUT2D eigenvalue weighted by atomic mass is 10.2. The first-order valence-electron chi connectivity index (χ1n) is 3.90. The highest BCUT2D eigenvalue weighted by molar-refractivity contribution is 14.1. The van der Waals surface area contributed by atoms with E-state index in [1.54, 1.807) is 0 Å². The number of hydrogen-bond acceptors (Lipinski definition) is 1. The summed E-state index contributed by atoms with van der Waals surface area (Å²) in [5.41, 5.74) is 2.28. The normalized spacial score (nSPS) is 10.6. The van der Waals surface area contributed by atoms with E-state index in [2.05, 4.69) is 67.8 Å². The molecular formula is C10H7BrIN. The van der Waals surface area contributed by atoms with E-state index in [0.29, 0.717) is 0 Å². The number of pyridine rings is 1. The SMILES string of the molecule is BrCc1cnc2ccc(I)cc2c1. The predicted molar refractivity (Wildman–Crippen MR) is 67.1 cm³/mol. The molecule has 0 bridgehead atoms. The molecule has 0 unspecified atom stereocenters. The molecule has 0 aliphatic heterocycles. The van der Waals surface area contributed by atoms with Gasteiger partial charge in [-0.05, 0) is 52.4 Å². The van der Waals surface area contributed by atoms with E-state index < -0.39 is 0 Å². The first-order valence-corrected chi connectivity index (χ1v) is 6.10. The van der Waals surface area contributed by atoms with Crippen molar-refractivity contribution < 1.29 is 0 Å². The van der Waals surface area contributed by atoms with E-state index in [4.69, 9.17) is 0 Å². The number of benzene rings is 1. The molecule has 0 aliphatic carbocycles. The third-order valence-corrected chi connectivity index (χ3v) is 3.17. The molecule has 1 aromatic heterocycles. The van der Waals surface area contributed by atoms with E-state index >= 15 is 0 Å². The van der Waals surface area contributed by atoms with Crippen molar-refractivity contribution in [2.75, 3.05) is 0 Å². The first kappa shape index (κ1) is 9.40. The standard InChI is InChI=1S/C10H7BrIN/c11-5-7-3-8-4-9(12)1-2-10(8)13-6-7/h1-4,6H,5H2. The molecular weight excluding hydrogens is 341 g/mol. The van der Waals surface area contributed by atoms with Gasteiger partial charge < -0.3 is 0 Å². The monoisotopic (exact) mass is 347 g/mol. The summed E-state index contributed by atoms with van der Waals surface area (Å²) in [5, 5.41) is 2.07. The molecule has 0 saturated heterocycles. The highest BCUT2D eigenvalue weighted by Crippen LogP contribution is 2.17. The van der Waals surface area contributed by atoms with Crippen LogP contribution in [0.1, 0.15) is 5.56 Å². The minimum absolute atomic E-state index is 0.863. The maximum absolute atomic E-state index is 4.36. The Morgan fingerprint density at radius 1 is 1.31 bits per heavy atom. The molecule has 0 amide bonds. The predicted octanol–water partition coefficient (Wildman–Crippen LogP) is 3.73. The fourth-order valence-electron chi connectivity index (χ4n) is 1.22. The van der Waals surface area contributed by atoms with Gasteiger partial charge in [0, 0.05) is 20.5 Å². The second-order valence-electron chi connectivity index (χ2n) is 2.81. The van der Waals surface area contributed by atoms with Gasteiger partial charge in [-0.15, -0.1) is 0 Å². The molecule has 0 spiro atoms. The fraction of sp³-hybridized carbons (Fsp3) is 0.100. The molecule has 0 saturated carbocycles. The molecule has 0 radical (unpaired) electrons.